The topological polar surface area (TPSA) is 57.2 Å². The predicted octanol–water partition coefficient (Wildman–Crippen LogP) is 6.89. The Kier molecular flexibility index (Phi) is 19.2. The van der Waals surface area contributed by atoms with Gasteiger partial charge in [-0.15, -0.1) is 0 Å². The van der Waals surface area contributed by atoms with E-state index < -0.39 is 10.1 Å². The molecule has 2 rings (SSSR count). The molecule has 37 heavy (non-hydrogen) atoms. The Hall–Kier alpha value is -0.390. The fourth-order valence-electron chi connectivity index (χ4n) is 5.43. The predicted molar refractivity (Wildman–Crippen MR) is 154 cm³/mol. The van der Waals surface area contributed by atoms with Crippen molar-refractivity contribution < 1.29 is 42.5 Å². The zero-order valence-corrected chi connectivity index (χ0v) is 27.0. The van der Waals surface area contributed by atoms with Crippen LogP contribution in [0.15, 0.2) is 35.2 Å². The van der Waals surface area contributed by atoms with E-state index >= 15 is 0 Å². The van der Waals surface area contributed by atoms with Crippen LogP contribution in [0.4, 0.5) is 0 Å². The first-order valence-electron chi connectivity index (χ1n) is 15.0. The molecule has 0 radical (unpaired) electrons. The number of hydrogen-bond acceptors (Lipinski definition) is 3. The molecule has 0 saturated carbocycles. The summed E-state index contributed by atoms with van der Waals surface area (Å²) >= 11 is 0. The molecular formula is C32H51NaO3S. The van der Waals surface area contributed by atoms with Crippen molar-refractivity contribution in [2.45, 2.75) is 147 Å². The Morgan fingerprint density at radius 2 is 1.05 bits per heavy atom. The number of hydrogen-bond donors (Lipinski definition) is 0. The third-order valence-electron chi connectivity index (χ3n) is 7.53. The summed E-state index contributed by atoms with van der Waals surface area (Å²) in [5, 5.41) is 1.46. The molecule has 0 aromatic heterocycles. The molecule has 0 heterocycles. The zero-order chi connectivity index (χ0) is 26.1. The third-order valence-corrected chi connectivity index (χ3v) is 8.49. The van der Waals surface area contributed by atoms with Crippen LogP contribution in [0.1, 0.15) is 141 Å². The maximum absolute atomic E-state index is 12.4. The van der Waals surface area contributed by atoms with E-state index in [2.05, 4.69) is 19.9 Å². The van der Waals surface area contributed by atoms with Crippen LogP contribution < -0.4 is 29.6 Å². The molecule has 2 aromatic carbocycles. The monoisotopic (exact) mass is 538 g/mol. The Morgan fingerprint density at radius 3 is 1.54 bits per heavy atom. The quantitative estimate of drug-likeness (QED) is 0.0987. The van der Waals surface area contributed by atoms with E-state index in [1.807, 2.05) is 18.2 Å². The van der Waals surface area contributed by atoms with Crippen LogP contribution in [0.3, 0.4) is 0 Å². The van der Waals surface area contributed by atoms with Crippen molar-refractivity contribution in [3.8, 4) is 0 Å². The second kappa shape index (κ2) is 20.5. The van der Waals surface area contributed by atoms with Gasteiger partial charge in [0.05, 0.1) is 4.90 Å². The van der Waals surface area contributed by atoms with Crippen LogP contribution in [0.25, 0.3) is 10.8 Å². The Balaban J connectivity index is 0.00000684. The van der Waals surface area contributed by atoms with Gasteiger partial charge in [-0.25, -0.2) is 8.42 Å². The first kappa shape index (κ1) is 34.6. The molecule has 0 aliphatic heterocycles. The fourth-order valence-corrected chi connectivity index (χ4v) is 6.42. The number of unbranched alkanes of at least 4 members (excludes halogenated alkanes) is 16. The normalized spacial score (nSPS) is 11.6. The van der Waals surface area contributed by atoms with Gasteiger partial charge < -0.3 is 4.55 Å². The summed E-state index contributed by atoms with van der Waals surface area (Å²) in [6, 6.07) is 9.64. The van der Waals surface area contributed by atoms with Gasteiger partial charge in [-0.1, -0.05) is 147 Å². The van der Waals surface area contributed by atoms with E-state index in [1.54, 1.807) is 6.07 Å². The first-order valence-corrected chi connectivity index (χ1v) is 16.4. The van der Waals surface area contributed by atoms with Crippen LogP contribution in [-0.2, 0) is 23.0 Å². The molecule has 204 valence electrons. The van der Waals surface area contributed by atoms with Crippen molar-refractivity contribution >= 4 is 20.9 Å². The minimum Gasteiger partial charge on any atom is -0.744 e. The van der Waals surface area contributed by atoms with Gasteiger partial charge in [0.1, 0.15) is 10.1 Å². The Bertz CT molecular complexity index is 971. The molecule has 0 spiro atoms. The van der Waals surface area contributed by atoms with E-state index in [9.17, 15) is 13.0 Å². The van der Waals surface area contributed by atoms with E-state index in [-0.39, 0.29) is 34.5 Å². The smallest absolute Gasteiger partial charge is 0.744 e. The van der Waals surface area contributed by atoms with Gasteiger partial charge in [-0.05, 0) is 47.6 Å². The van der Waals surface area contributed by atoms with Gasteiger partial charge in [0, 0.05) is 0 Å². The molecule has 0 aliphatic rings. The van der Waals surface area contributed by atoms with Crippen LogP contribution >= 0.6 is 0 Å². The van der Waals surface area contributed by atoms with Crippen molar-refractivity contribution in [1.82, 2.24) is 0 Å². The van der Waals surface area contributed by atoms with Gasteiger partial charge in [-0.3, -0.25) is 0 Å². The number of rotatable bonds is 21. The summed E-state index contributed by atoms with van der Waals surface area (Å²) < 4.78 is 37.3. The fraction of sp³-hybridized carbons (Fsp3) is 0.688. The maximum Gasteiger partial charge on any atom is 1.00 e. The number of fused-ring (bicyclic) bond motifs is 1. The molecular weight excluding hydrogens is 487 g/mol. The Morgan fingerprint density at radius 1 is 0.622 bits per heavy atom. The van der Waals surface area contributed by atoms with Crippen LogP contribution in [0, 0.1) is 0 Å². The molecule has 5 heteroatoms. The zero-order valence-electron chi connectivity index (χ0n) is 24.2. The van der Waals surface area contributed by atoms with Crippen LogP contribution in [0.5, 0.6) is 0 Å². The van der Waals surface area contributed by atoms with E-state index in [1.165, 1.54) is 89.9 Å². The minimum absolute atomic E-state index is 0. The standard InChI is InChI=1S/C32H52O3S.Na/c1-3-5-7-9-11-13-15-17-19-23-28-27-29-24-21-22-26-31(29)32(36(33,34)35)30(28)25-20-18-16-14-12-10-8-6-4-2;/h21-22,24,26-27H,3-20,23,25H2,1-2H3,(H,33,34,35);/q;+1/p-1. The number of aryl methyl sites for hydroxylation is 1. The summed E-state index contributed by atoms with van der Waals surface area (Å²) in [4.78, 5) is 0.0473. The van der Waals surface area contributed by atoms with Crippen molar-refractivity contribution in [3.63, 3.8) is 0 Å². The Labute approximate surface area is 250 Å². The van der Waals surface area contributed by atoms with Crippen molar-refractivity contribution in [2.24, 2.45) is 0 Å². The van der Waals surface area contributed by atoms with E-state index in [4.69, 9.17) is 0 Å². The van der Waals surface area contributed by atoms with Gasteiger partial charge in [-0.2, -0.15) is 0 Å². The summed E-state index contributed by atoms with van der Waals surface area (Å²) in [7, 11) is -4.54. The van der Waals surface area contributed by atoms with Gasteiger partial charge >= 0.3 is 29.6 Å². The second-order valence-electron chi connectivity index (χ2n) is 10.7. The van der Waals surface area contributed by atoms with E-state index in [0.717, 1.165) is 48.6 Å². The average Bonchev–Trinajstić information content (AvgIpc) is 2.85. The summed E-state index contributed by atoms with van der Waals surface area (Å²) in [5.74, 6) is 0. The molecule has 0 unspecified atom stereocenters. The average molecular weight is 539 g/mol. The molecule has 0 aliphatic carbocycles. The van der Waals surface area contributed by atoms with Crippen LogP contribution in [-0.4, -0.2) is 13.0 Å². The summed E-state index contributed by atoms with van der Waals surface area (Å²) in [6.07, 6.45) is 23.9. The molecule has 0 atom stereocenters. The molecule has 0 bridgehead atoms. The SMILES string of the molecule is CCCCCCCCCCCc1cc2ccccc2c(S(=O)(=O)[O-])c1CCCCCCCCCCC.[Na+]. The van der Waals surface area contributed by atoms with Gasteiger partial charge in [0.25, 0.3) is 0 Å². The maximum atomic E-state index is 12.4. The van der Waals surface area contributed by atoms with Gasteiger partial charge in [0.15, 0.2) is 0 Å². The second-order valence-corrected chi connectivity index (χ2v) is 12.0. The molecule has 0 fully saturated rings. The van der Waals surface area contributed by atoms with Gasteiger partial charge in [0.2, 0.25) is 0 Å². The molecule has 0 N–H and O–H groups in total. The van der Waals surface area contributed by atoms with E-state index in [0.29, 0.717) is 11.8 Å². The molecule has 2 aromatic rings. The van der Waals surface area contributed by atoms with Crippen molar-refractivity contribution in [2.75, 3.05) is 0 Å². The molecule has 0 amide bonds. The minimum atomic E-state index is -4.54. The molecule has 3 nitrogen and oxygen atoms in total. The summed E-state index contributed by atoms with van der Waals surface area (Å²) in [6.45, 7) is 4.49. The number of benzene rings is 2. The largest absolute Gasteiger partial charge is 1.00 e. The van der Waals surface area contributed by atoms with Crippen LogP contribution in [0.2, 0.25) is 0 Å². The van der Waals surface area contributed by atoms with Crippen molar-refractivity contribution in [3.05, 3.63) is 41.5 Å². The first-order chi connectivity index (χ1) is 17.5. The molecule has 0 saturated heterocycles. The summed E-state index contributed by atoms with van der Waals surface area (Å²) in [5.41, 5.74) is 1.87. The van der Waals surface area contributed by atoms with Crippen molar-refractivity contribution in [1.29, 1.82) is 0 Å². The third kappa shape index (κ3) is 13.5.